The lowest BCUT2D eigenvalue weighted by Crippen LogP contribution is -2.17. The molecule has 0 fully saturated rings. The average molecular weight is 386 g/mol. The lowest BCUT2D eigenvalue weighted by atomic mass is 10.1. The molecule has 0 radical (unpaired) electrons. The number of nitrogens with two attached hydrogens (primary N) is 1. The molecule has 0 bridgehead atoms. The first-order valence-electron chi connectivity index (χ1n) is 8.34. The second kappa shape index (κ2) is 8.38. The number of nitrogens with one attached hydrogen (secondary N) is 1. The number of rotatable bonds is 7. The Morgan fingerprint density at radius 2 is 1.96 bits per heavy atom. The highest BCUT2D eigenvalue weighted by Crippen LogP contribution is 2.27. The first-order chi connectivity index (χ1) is 13.0. The van der Waals surface area contributed by atoms with Gasteiger partial charge in [0.1, 0.15) is 22.6 Å². The molecule has 142 valence electrons. The third-order valence-corrected chi connectivity index (χ3v) is 5.26. The first-order valence-corrected chi connectivity index (χ1v) is 9.45. The zero-order chi connectivity index (χ0) is 19.4. The van der Waals surface area contributed by atoms with Crippen LogP contribution in [0.25, 0.3) is 22.2 Å². The van der Waals surface area contributed by atoms with E-state index in [-0.39, 0.29) is 5.82 Å². The molecule has 3 aromatic rings. The standard InChI is InChI=1S/C18H22N6O2S/c1-24(2)27(25)16-9-13(10-22-18(16)19)12-4-5-14-15(8-12)23-17(11-21-14)20-6-7-26-3/h4-5,8-11H,6-7H2,1-3H3,(H2,19,22)(H,20,23). The molecule has 0 aliphatic carbocycles. The van der Waals surface area contributed by atoms with Gasteiger partial charge in [0.15, 0.2) is 0 Å². The fourth-order valence-electron chi connectivity index (χ4n) is 2.51. The summed E-state index contributed by atoms with van der Waals surface area (Å²) in [6.45, 7) is 1.24. The number of methoxy groups -OCH3 is 1. The molecule has 3 rings (SSSR count). The van der Waals surface area contributed by atoms with Crippen LogP contribution in [0.3, 0.4) is 0 Å². The van der Waals surface area contributed by atoms with Crippen molar-refractivity contribution in [3.63, 3.8) is 0 Å². The van der Waals surface area contributed by atoms with Crippen molar-refractivity contribution in [3.8, 4) is 11.1 Å². The average Bonchev–Trinajstić information content (AvgIpc) is 2.67. The Kier molecular flexibility index (Phi) is 5.94. The fourth-order valence-corrected chi connectivity index (χ4v) is 3.36. The Morgan fingerprint density at radius 3 is 2.70 bits per heavy atom. The van der Waals surface area contributed by atoms with Crippen molar-refractivity contribution in [1.82, 2.24) is 19.3 Å². The minimum absolute atomic E-state index is 0.260. The van der Waals surface area contributed by atoms with Crippen LogP contribution >= 0.6 is 0 Å². The van der Waals surface area contributed by atoms with E-state index in [1.807, 2.05) is 18.2 Å². The second-order valence-corrected chi connectivity index (χ2v) is 7.72. The molecule has 0 spiro atoms. The van der Waals surface area contributed by atoms with E-state index in [1.165, 1.54) is 0 Å². The van der Waals surface area contributed by atoms with E-state index in [0.717, 1.165) is 22.2 Å². The molecule has 8 nitrogen and oxygen atoms in total. The van der Waals surface area contributed by atoms with Gasteiger partial charge in [-0.1, -0.05) is 6.07 Å². The molecule has 0 aliphatic rings. The highest BCUT2D eigenvalue weighted by atomic mass is 32.2. The summed E-state index contributed by atoms with van der Waals surface area (Å²) in [5, 5.41) is 3.17. The van der Waals surface area contributed by atoms with Crippen LogP contribution in [0.15, 0.2) is 41.6 Å². The van der Waals surface area contributed by atoms with Gasteiger partial charge in [0.05, 0.1) is 28.7 Å². The van der Waals surface area contributed by atoms with Crippen LogP contribution in [-0.2, 0) is 15.7 Å². The van der Waals surface area contributed by atoms with Gasteiger partial charge in [-0.15, -0.1) is 0 Å². The highest BCUT2D eigenvalue weighted by molar-refractivity contribution is 7.82. The molecule has 0 amide bonds. The normalized spacial score (nSPS) is 12.4. The van der Waals surface area contributed by atoms with E-state index in [4.69, 9.17) is 10.5 Å². The molecule has 27 heavy (non-hydrogen) atoms. The maximum absolute atomic E-state index is 12.4. The molecule has 1 unspecified atom stereocenters. The van der Waals surface area contributed by atoms with Gasteiger partial charge < -0.3 is 15.8 Å². The maximum Gasteiger partial charge on any atom is 0.145 e. The van der Waals surface area contributed by atoms with Crippen molar-refractivity contribution in [3.05, 3.63) is 36.7 Å². The molecular formula is C18H22N6O2S. The summed E-state index contributed by atoms with van der Waals surface area (Å²) in [5.41, 5.74) is 9.16. The summed E-state index contributed by atoms with van der Waals surface area (Å²) in [6.07, 6.45) is 3.36. The third kappa shape index (κ3) is 4.38. The molecule has 3 N–H and O–H groups in total. The second-order valence-electron chi connectivity index (χ2n) is 6.05. The van der Waals surface area contributed by atoms with Crippen molar-refractivity contribution in [2.24, 2.45) is 0 Å². The van der Waals surface area contributed by atoms with Crippen LogP contribution in [0.1, 0.15) is 0 Å². The maximum atomic E-state index is 12.4. The lowest BCUT2D eigenvalue weighted by Gasteiger charge is -2.12. The quantitative estimate of drug-likeness (QED) is 0.598. The Bertz CT molecular complexity index is 979. The largest absolute Gasteiger partial charge is 0.383 e. The van der Waals surface area contributed by atoms with E-state index in [1.54, 1.807) is 44.0 Å². The number of ether oxygens (including phenoxy) is 1. The summed E-state index contributed by atoms with van der Waals surface area (Å²) in [7, 11) is 3.74. The highest BCUT2D eigenvalue weighted by Gasteiger charge is 2.14. The van der Waals surface area contributed by atoms with Gasteiger partial charge in [0.2, 0.25) is 0 Å². The molecule has 9 heteroatoms. The van der Waals surface area contributed by atoms with Crippen LogP contribution in [-0.4, -0.2) is 57.8 Å². The van der Waals surface area contributed by atoms with E-state index in [9.17, 15) is 4.21 Å². The Balaban J connectivity index is 1.96. The van der Waals surface area contributed by atoms with E-state index >= 15 is 0 Å². The van der Waals surface area contributed by atoms with Gasteiger partial charge in [0.25, 0.3) is 0 Å². The van der Waals surface area contributed by atoms with Gasteiger partial charge in [-0.05, 0) is 37.9 Å². The van der Waals surface area contributed by atoms with Crippen molar-refractivity contribution >= 4 is 33.7 Å². The smallest absolute Gasteiger partial charge is 0.145 e. The molecule has 2 heterocycles. The van der Waals surface area contributed by atoms with Crippen LogP contribution in [0.4, 0.5) is 11.6 Å². The zero-order valence-corrected chi connectivity index (χ0v) is 16.3. The number of fused-ring (bicyclic) bond motifs is 1. The molecule has 0 aliphatic heterocycles. The number of pyridine rings is 1. The van der Waals surface area contributed by atoms with Gasteiger partial charge in [-0.2, -0.15) is 0 Å². The summed E-state index contributed by atoms with van der Waals surface area (Å²) < 4.78 is 19.0. The van der Waals surface area contributed by atoms with Gasteiger partial charge >= 0.3 is 0 Å². The molecule has 1 atom stereocenters. The number of hydrogen-bond acceptors (Lipinski definition) is 7. The summed E-state index contributed by atoms with van der Waals surface area (Å²) in [6, 6.07) is 7.56. The summed E-state index contributed by atoms with van der Waals surface area (Å²) in [4.78, 5) is 13.7. The number of nitrogen functional groups attached to an aromatic ring is 1. The first kappa shape index (κ1) is 19.2. The molecule has 0 saturated carbocycles. The van der Waals surface area contributed by atoms with E-state index < -0.39 is 11.0 Å². The van der Waals surface area contributed by atoms with Crippen LogP contribution in [0.5, 0.6) is 0 Å². The summed E-state index contributed by atoms with van der Waals surface area (Å²) >= 11 is 0. The van der Waals surface area contributed by atoms with Gasteiger partial charge in [-0.25, -0.2) is 18.5 Å². The number of aromatic nitrogens is 3. The SMILES string of the molecule is COCCNc1cnc2ccc(-c3cnc(N)c(S(=O)N(C)C)c3)cc2n1. The fraction of sp³-hybridized carbons (Fsp3) is 0.278. The van der Waals surface area contributed by atoms with Gasteiger partial charge in [-0.3, -0.25) is 4.98 Å². The van der Waals surface area contributed by atoms with Crippen molar-refractivity contribution < 1.29 is 8.95 Å². The molecule has 0 saturated heterocycles. The van der Waals surface area contributed by atoms with Gasteiger partial charge in [0, 0.05) is 25.4 Å². The number of hydrogen-bond donors (Lipinski definition) is 2. The third-order valence-electron chi connectivity index (χ3n) is 3.89. The molecular weight excluding hydrogens is 364 g/mol. The number of benzene rings is 1. The zero-order valence-electron chi connectivity index (χ0n) is 15.5. The predicted molar refractivity (Wildman–Crippen MR) is 108 cm³/mol. The van der Waals surface area contributed by atoms with Crippen molar-refractivity contribution in [2.75, 3.05) is 45.4 Å². The number of anilines is 2. The van der Waals surface area contributed by atoms with E-state index in [0.29, 0.717) is 23.9 Å². The predicted octanol–water partition coefficient (Wildman–Crippen LogP) is 1.92. The lowest BCUT2D eigenvalue weighted by molar-refractivity contribution is 0.210. The summed E-state index contributed by atoms with van der Waals surface area (Å²) in [5.74, 6) is 0.942. The molecule has 1 aromatic carbocycles. The minimum Gasteiger partial charge on any atom is -0.383 e. The minimum atomic E-state index is -1.37. The van der Waals surface area contributed by atoms with Crippen LogP contribution in [0, 0.1) is 0 Å². The van der Waals surface area contributed by atoms with Crippen molar-refractivity contribution in [2.45, 2.75) is 4.90 Å². The van der Waals surface area contributed by atoms with E-state index in [2.05, 4.69) is 20.3 Å². The number of nitrogens with zero attached hydrogens (tertiary/aromatic N) is 4. The Labute approximate surface area is 160 Å². The van der Waals surface area contributed by atoms with Crippen molar-refractivity contribution in [1.29, 1.82) is 0 Å². The monoisotopic (exact) mass is 386 g/mol. The van der Waals surface area contributed by atoms with Crippen LogP contribution < -0.4 is 11.1 Å². The topological polar surface area (TPSA) is 106 Å². The Morgan fingerprint density at radius 1 is 1.15 bits per heavy atom. The van der Waals surface area contributed by atoms with Crippen LogP contribution in [0.2, 0.25) is 0 Å². The Hall–Kier alpha value is -2.62. The molecule has 2 aromatic heterocycles.